The van der Waals surface area contributed by atoms with Crippen LogP contribution in [-0.2, 0) is 4.79 Å². The molecule has 1 unspecified atom stereocenters. The van der Waals surface area contributed by atoms with Gasteiger partial charge in [-0.15, -0.1) is 0 Å². The molecule has 0 saturated carbocycles. The normalized spacial score (nSPS) is 12.2. The number of hydrogen-bond donors (Lipinski definition) is 1. The van der Waals surface area contributed by atoms with Crippen molar-refractivity contribution in [2.75, 3.05) is 13.6 Å². The highest BCUT2D eigenvalue weighted by Crippen LogP contribution is 2.34. The first kappa shape index (κ1) is 18.6. The standard InChI is InChI=1S/C19H20ClF2NO/c1-11-6-15(20)7-12(2)18(11)14-8-16(19(22)17(21)9-14)13(4-5-24)10-23-3/h5-9,13,23H,4,10H2,1-3H3. The molecule has 1 atom stereocenters. The van der Waals surface area contributed by atoms with Crippen molar-refractivity contribution in [1.82, 2.24) is 5.32 Å². The van der Waals surface area contributed by atoms with Crippen LogP contribution < -0.4 is 5.32 Å². The number of carbonyl (C=O) groups is 1. The predicted octanol–water partition coefficient (Wildman–Crippen LogP) is 4.79. The van der Waals surface area contributed by atoms with Gasteiger partial charge in [0.15, 0.2) is 11.6 Å². The van der Waals surface area contributed by atoms with E-state index in [1.54, 1.807) is 25.2 Å². The Morgan fingerprint density at radius 2 is 1.79 bits per heavy atom. The summed E-state index contributed by atoms with van der Waals surface area (Å²) in [6.45, 7) is 4.15. The van der Waals surface area contributed by atoms with E-state index in [-0.39, 0.29) is 12.0 Å². The van der Waals surface area contributed by atoms with E-state index in [2.05, 4.69) is 5.32 Å². The molecule has 0 spiro atoms. The molecule has 24 heavy (non-hydrogen) atoms. The number of aryl methyl sites for hydroxylation is 2. The zero-order chi connectivity index (χ0) is 17.9. The SMILES string of the molecule is CNCC(CC=O)c1cc(-c2c(C)cc(Cl)cc2C)cc(F)c1F. The van der Waals surface area contributed by atoms with Gasteiger partial charge in [0.05, 0.1) is 0 Å². The molecule has 0 aromatic heterocycles. The van der Waals surface area contributed by atoms with Gasteiger partial charge in [-0.25, -0.2) is 8.78 Å². The van der Waals surface area contributed by atoms with Crippen LogP contribution in [0.25, 0.3) is 11.1 Å². The van der Waals surface area contributed by atoms with Gasteiger partial charge in [0.2, 0.25) is 0 Å². The number of halogens is 3. The second-order valence-electron chi connectivity index (χ2n) is 5.93. The van der Waals surface area contributed by atoms with Crippen LogP contribution in [0.4, 0.5) is 8.78 Å². The van der Waals surface area contributed by atoms with Crippen molar-refractivity contribution in [2.24, 2.45) is 0 Å². The number of carbonyl (C=O) groups excluding carboxylic acids is 1. The third kappa shape index (κ3) is 3.82. The average molecular weight is 352 g/mol. The molecule has 0 radical (unpaired) electrons. The smallest absolute Gasteiger partial charge is 0.162 e. The van der Waals surface area contributed by atoms with Crippen molar-refractivity contribution in [3.05, 3.63) is 57.6 Å². The van der Waals surface area contributed by atoms with Crippen LogP contribution in [0.2, 0.25) is 5.02 Å². The first-order chi connectivity index (χ1) is 11.4. The van der Waals surface area contributed by atoms with Gasteiger partial charge in [-0.1, -0.05) is 11.6 Å². The number of aldehydes is 1. The van der Waals surface area contributed by atoms with Crippen LogP contribution in [0, 0.1) is 25.5 Å². The monoisotopic (exact) mass is 351 g/mol. The fourth-order valence-corrected chi connectivity index (χ4v) is 3.43. The second kappa shape index (κ2) is 7.86. The van der Waals surface area contributed by atoms with E-state index in [0.29, 0.717) is 17.1 Å². The van der Waals surface area contributed by atoms with E-state index in [0.717, 1.165) is 23.0 Å². The topological polar surface area (TPSA) is 29.1 Å². The van der Waals surface area contributed by atoms with Crippen LogP contribution in [0.3, 0.4) is 0 Å². The lowest BCUT2D eigenvalue weighted by atomic mass is 9.89. The minimum Gasteiger partial charge on any atom is -0.319 e. The lowest BCUT2D eigenvalue weighted by Gasteiger charge is -2.18. The highest BCUT2D eigenvalue weighted by molar-refractivity contribution is 6.30. The molecule has 2 aromatic rings. The van der Waals surface area contributed by atoms with Crippen molar-refractivity contribution in [3.8, 4) is 11.1 Å². The van der Waals surface area contributed by atoms with Gasteiger partial charge in [0.25, 0.3) is 0 Å². The molecule has 0 aliphatic rings. The second-order valence-corrected chi connectivity index (χ2v) is 6.37. The summed E-state index contributed by atoms with van der Waals surface area (Å²) in [5.74, 6) is -2.23. The number of rotatable bonds is 6. The Labute approximate surface area is 145 Å². The summed E-state index contributed by atoms with van der Waals surface area (Å²) in [5.41, 5.74) is 3.40. The molecule has 0 heterocycles. The Bertz CT molecular complexity index is 738. The number of nitrogens with one attached hydrogen (secondary N) is 1. The lowest BCUT2D eigenvalue weighted by molar-refractivity contribution is -0.108. The molecule has 2 aromatic carbocycles. The summed E-state index contributed by atoms with van der Waals surface area (Å²) in [5, 5.41) is 3.52. The molecule has 0 bridgehead atoms. The fourth-order valence-electron chi connectivity index (χ4n) is 3.10. The third-order valence-corrected chi connectivity index (χ3v) is 4.33. The Balaban J connectivity index is 2.64. The van der Waals surface area contributed by atoms with E-state index in [1.165, 1.54) is 6.07 Å². The van der Waals surface area contributed by atoms with Gasteiger partial charge in [-0.05, 0) is 73.0 Å². The Morgan fingerprint density at radius 1 is 1.17 bits per heavy atom. The molecular weight excluding hydrogens is 332 g/mol. The first-order valence-electron chi connectivity index (χ1n) is 7.73. The molecule has 0 amide bonds. The van der Waals surface area contributed by atoms with E-state index >= 15 is 0 Å². The average Bonchev–Trinajstić information content (AvgIpc) is 2.49. The van der Waals surface area contributed by atoms with Gasteiger partial charge in [0.1, 0.15) is 6.29 Å². The molecule has 5 heteroatoms. The third-order valence-electron chi connectivity index (χ3n) is 4.11. The van der Waals surface area contributed by atoms with Crippen molar-refractivity contribution in [2.45, 2.75) is 26.2 Å². The highest BCUT2D eigenvalue weighted by atomic mass is 35.5. The Kier molecular flexibility index (Phi) is 6.08. The maximum absolute atomic E-state index is 14.3. The van der Waals surface area contributed by atoms with Crippen molar-refractivity contribution in [3.63, 3.8) is 0 Å². The quantitative estimate of drug-likeness (QED) is 0.758. The van der Waals surface area contributed by atoms with Crippen LogP contribution in [0.1, 0.15) is 29.0 Å². The van der Waals surface area contributed by atoms with Crippen LogP contribution in [0.5, 0.6) is 0 Å². The lowest BCUT2D eigenvalue weighted by Crippen LogP contribution is -2.19. The van der Waals surface area contributed by atoms with Gasteiger partial charge < -0.3 is 10.1 Å². The van der Waals surface area contributed by atoms with Crippen molar-refractivity contribution in [1.29, 1.82) is 0 Å². The molecule has 0 fully saturated rings. The summed E-state index contributed by atoms with van der Waals surface area (Å²) < 4.78 is 28.5. The van der Waals surface area contributed by atoms with Crippen molar-refractivity contribution < 1.29 is 13.6 Å². The summed E-state index contributed by atoms with van der Waals surface area (Å²) >= 11 is 6.05. The molecule has 0 saturated heterocycles. The molecule has 2 nitrogen and oxygen atoms in total. The number of benzene rings is 2. The summed E-state index contributed by atoms with van der Waals surface area (Å²) in [6, 6.07) is 6.41. The minimum absolute atomic E-state index is 0.124. The zero-order valence-corrected chi connectivity index (χ0v) is 14.7. The van der Waals surface area contributed by atoms with E-state index < -0.39 is 17.6 Å². The Morgan fingerprint density at radius 3 is 2.33 bits per heavy atom. The maximum Gasteiger partial charge on any atom is 0.162 e. The van der Waals surface area contributed by atoms with Gasteiger partial charge in [-0.2, -0.15) is 0 Å². The molecule has 128 valence electrons. The van der Waals surface area contributed by atoms with Crippen LogP contribution >= 0.6 is 11.6 Å². The zero-order valence-electron chi connectivity index (χ0n) is 13.9. The fraction of sp³-hybridized carbons (Fsp3) is 0.316. The van der Waals surface area contributed by atoms with E-state index in [9.17, 15) is 13.6 Å². The molecule has 0 aliphatic carbocycles. The molecular formula is C19H20ClF2NO. The molecule has 1 N–H and O–H groups in total. The number of hydrogen-bond acceptors (Lipinski definition) is 2. The van der Waals surface area contributed by atoms with Crippen LogP contribution in [-0.4, -0.2) is 19.9 Å². The Hall–Kier alpha value is -1.78. The van der Waals surface area contributed by atoms with Gasteiger partial charge in [-0.3, -0.25) is 0 Å². The highest BCUT2D eigenvalue weighted by Gasteiger charge is 2.21. The first-order valence-corrected chi connectivity index (χ1v) is 8.11. The van der Waals surface area contributed by atoms with Gasteiger partial charge in [0, 0.05) is 23.9 Å². The summed E-state index contributed by atoms with van der Waals surface area (Å²) in [7, 11) is 1.71. The predicted molar refractivity (Wildman–Crippen MR) is 93.6 cm³/mol. The van der Waals surface area contributed by atoms with Gasteiger partial charge >= 0.3 is 0 Å². The van der Waals surface area contributed by atoms with E-state index in [4.69, 9.17) is 11.6 Å². The summed E-state index contributed by atoms with van der Waals surface area (Å²) in [4.78, 5) is 10.9. The largest absolute Gasteiger partial charge is 0.319 e. The minimum atomic E-state index is -0.914. The molecule has 0 aliphatic heterocycles. The van der Waals surface area contributed by atoms with E-state index in [1.807, 2.05) is 13.8 Å². The molecule has 2 rings (SSSR count). The maximum atomic E-state index is 14.3. The summed E-state index contributed by atoms with van der Waals surface area (Å²) in [6.07, 6.45) is 0.851. The van der Waals surface area contributed by atoms with Crippen molar-refractivity contribution >= 4 is 17.9 Å². The van der Waals surface area contributed by atoms with Crippen LogP contribution in [0.15, 0.2) is 24.3 Å². The number of likely N-dealkylation sites (N-methyl/N-ethyl adjacent to an activating group) is 1.